The number of para-hydroxylation sites is 2. The van der Waals surface area contributed by atoms with E-state index in [9.17, 15) is 9.59 Å². The fraction of sp³-hybridized carbons (Fsp3) is 0.0204. The summed E-state index contributed by atoms with van der Waals surface area (Å²) in [5, 5.41) is 11.9. The zero-order chi connectivity index (χ0) is 36.6. The second kappa shape index (κ2) is 13.7. The second-order valence-electron chi connectivity index (χ2n) is 13.5. The topological polar surface area (TPSA) is 61.4 Å². The molecule has 5 heteroatoms. The molecular weight excluding hydrogens is 663 g/mol. The molecule has 0 aromatic heterocycles. The van der Waals surface area contributed by atoms with Crippen LogP contribution < -0.4 is 10.6 Å². The number of nitrogens with zero attached hydrogens (tertiary/aromatic N) is 1. The van der Waals surface area contributed by atoms with Crippen molar-refractivity contribution in [2.45, 2.75) is 0 Å². The Balaban J connectivity index is 1.00. The van der Waals surface area contributed by atoms with Crippen molar-refractivity contribution in [3.8, 4) is 22.3 Å². The molecule has 54 heavy (non-hydrogen) atoms. The van der Waals surface area contributed by atoms with E-state index in [0.717, 1.165) is 45.0 Å². The van der Waals surface area contributed by atoms with E-state index in [2.05, 4.69) is 120 Å². The fourth-order valence-corrected chi connectivity index (χ4v) is 7.50. The molecule has 5 nitrogen and oxygen atoms in total. The normalized spacial score (nSPS) is 12.9. The molecule has 1 aliphatic rings. The van der Waals surface area contributed by atoms with Crippen molar-refractivity contribution in [3.63, 3.8) is 0 Å². The summed E-state index contributed by atoms with van der Waals surface area (Å²) in [7, 11) is 1.54. The lowest BCUT2D eigenvalue weighted by Gasteiger charge is -2.15. The van der Waals surface area contributed by atoms with Crippen molar-refractivity contribution in [1.82, 2.24) is 4.90 Å². The number of carbonyl (C=O) groups excluding carboxylic acids is 2. The molecule has 0 bridgehead atoms. The summed E-state index contributed by atoms with van der Waals surface area (Å²) in [6, 6.07) is 61.5. The zero-order valence-corrected chi connectivity index (χ0v) is 29.6. The van der Waals surface area contributed by atoms with Gasteiger partial charge < -0.3 is 10.6 Å². The number of rotatable bonds is 8. The molecule has 258 valence electrons. The lowest BCUT2D eigenvalue weighted by Crippen LogP contribution is -2.26. The van der Waals surface area contributed by atoms with Crippen LogP contribution in [0.1, 0.15) is 11.1 Å². The number of nitrogens with one attached hydrogen (secondary N) is 2. The molecule has 0 radical (unpaired) electrons. The summed E-state index contributed by atoms with van der Waals surface area (Å²) < 4.78 is 0. The van der Waals surface area contributed by atoms with Gasteiger partial charge in [0, 0.05) is 40.9 Å². The van der Waals surface area contributed by atoms with Crippen LogP contribution in [-0.2, 0) is 9.59 Å². The van der Waals surface area contributed by atoms with E-state index in [-0.39, 0.29) is 11.8 Å². The number of hydrogen-bond donors (Lipinski definition) is 2. The third-order valence-corrected chi connectivity index (χ3v) is 10.2. The quantitative estimate of drug-likeness (QED) is 0.155. The number of fused-ring (bicyclic) bond motifs is 2. The van der Waals surface area contributed by atoms with E-state index in [4.69, 9.17) is 0 Å². The molecule has 1 heterocycles. The zero-order valence-electron chi connectivity index (χ0n) is 29.6. The highest BCUT2D eigenvalue weighted by molar-refractivity contribution is 6.48. The molecule has 0 aliphatic carbocycles. The van der Waals surface area contributed by atoms with E-state index in [1.54, 1.807) is 0 Å². The van der Waals surface area contributed by atoms with Crippen molar-refractivity contribution in [1.29, 1.82) is 0 Å². The van der Waals surface area contributed by atoms with Crippen LogP contribution in [0.2, 0.25) is 0 Å². The lowest BCUT2D eigenvalue weighted by molar-refractivity contribution is -0.134. The van der Waals surface area contributed by atoms with Gasteiger partial charge >= 0.3 is 0 Å². The van der Waals surface area contributed by atoms with Crippen LogP contribution in [0, 0.1) is 0 Å². The van der Waals surface area contributed by atoms with Crippen molar-refractivity contribution in [2.24, 2.45) is 0 Å². The van der Waals surface area contributed by atoms with Gasteiger partial charge in [-0.2, -0.15) is 0 Å². The Labute approximate surface area is 313 Å². The molecule has 0 saturated heterocycles. The van der Waals surface area contributed by atoms with Gasteiger partial charge in [-0.25, -0.2) is 0 Å². The lowest BCUT2D eigenvalue weighted by atomic mass is 9.95. The minimum absolute atomic E-state index is 0.316. The van der Waals surface area contributed by atoms with Crippen LogP contribution in [-0.4, -0.2) is 23.8 Å². The van der Waals surface area contributed by atoms with Crippen molar-refractivity contribution in [3.05, 3.63) is 193 Å². The smallest absolute Gasteiger partial charge is 0.261 e. The molecule has 1 aliphatic heterocycles. The molecule has 2 N–H and O–H groups in total. The summed E-state index contributed by atoms with van der Waals surface area (Å²) in [5.41, 5.74) is 10.3. The van der Waals surface area contributed by atoms with Crippen molar-refractivity contribution >= 4 is 67.3 Å². The molecular formula is C49H35N3O2. The summed E-state index contributed by atoms with van der Waals surface area (Å²) in [6.45, 7) is 0. The van der Waals surface area contributed by atoms with Gasteiger partial charge in [-0.05, 0) is 80.2 Å². The highest BCUT2D eigenvalue weighted by atomic mass is 16.2. The molecule has 0 saturated carbocycles. The minimum Gasteiger partial charge on any atom is -0.355 e. The van der Waals surface area contributed by atoms with Crippen LogP contribution in [0.15, 0.2) is 182 Å². The van der Waals surface area contributed by atoms with Crippen LogP contribution in [0.25, 0.3) is 54.9 Å². The molecule has 0 spiro atoms. The minimum atomic E-state index is -0.316. The summed E-state index contributed by atoms with van der Waals surface area (Å²) in [5.74, 6) is -0.633. The maximum absolute atomic E-state index is 13.6. The molecule has 9 rings (SSSR count). The molecule has 0 fully saturated rings. The first kappa shape index (κ1) is 32.7. The summed E-state index contributed by atoms with van der Waals surface area (Å²) >= 11 is 0. The second-order valence-corrected chi connectivity index (χ2v) is 13.5. The maximum Gasteiger partial charge on any atom is 0.261 e. The maximum atomic E-state index is 13.6. The fourth-order valence-electron chi connectivity index (χ4n) is 7.50. The number of anilines is 4. The number of benzene rings is 8. The van der Waals surface area contributed by atoms with Crippen molar-refractivity contribution < 1.29 is 9.59 Å². The van der Waals surface area contributed by atoms with Gasteiger partial charge in [-0.1, -0.05) is 146 Å². The molecule has 0 atom stereocenters. The van der Waals surface area contributed by atoms with E-state index in [0.29, 0.717) is 22.3 Å². The van der Waals surface area contributed by atoms with E-state index in [1.165, 1.54) is 33.5 Å². The van der Waals surface area contributed by atoms with Crippen LogP contribution in [0.5, 0.6) is 0 Å². The third kappa shape index (κ3) is 5.88. The number of hydrogen-bond acceptors (Lipinski definition) is 4. The van der Waals surface area contributed by atoms with Gasteiger partial charge in [0.15, 0.2) is 0 Å². The van der Waals surface area contributed by atoms with Crippen LogP contribution >= 0.6 is 0 Å². The standard InChI is InChI=1S/C49H35N3O2/c1-52-48(53)46(34-24-28-36(29-25-34)50-44-22-8-6-18-42(44)40-20-10-14-32-12-2-4-16-38(32)40)47(49(52)54)35-26-30-37(31-27-35)51-45-23-9-7-19-43(45)41-21-11-15-33-13-3-5-17-39(33)41/h2-31,50-51H,1H3. The van der Waals surface area contributed by atoms with Gasteiger partial charge in [0.05, 0.1) is 11.1 Å². The van der Waals surface area contributed by atoms with E-state index in [1.807, 2.05) is 72.8 Å². The molecule has 2 amide bonds. The predicted molar refractivity (Wildman–Crippen MR) is 223 cm³/mol. The van der Waals surface area contributed by atoms with E-state index < -0.39 is 0 Å². The van der Waals surface area contributed by atoms with Gasteiger partial charge in [0.1, 0.15) is 0 Å². The first-order valence-corrected chi connectivity index (χ1v) is 18.0. The van der Waals surface area contributed by atoms with Crippen LogP contribution in [0.3, 0.4) is 0 Å². The van der Waals surface area contributed by atoms with Crippen LogP contribution in [0.4, 0.5) is 22.7 Å². The van der Waals surface area contributed by atoms with Gasteiger partial charge in [0.25, 0.3) is 11.8 Å². The largest absolute Gasteiger partial charge is 0.355 e. The first-order valence-electron chi connectivity index (χ1n) is 18.0. The Kier molecular flexibility index (Phi) is 8.29. The number of amides is 2. The number of likely N-dealkylation sites (N-methyl/N-ethyl adjacent to an activating group) is 1. The Morgan fingerprint density at radius 2 is 0.722 bits per heavy atom. The Bertz CT molecular complexity index is 2560. The van der Waals surface area contributed by atoms with Gasteiger partial charge in [0.2, 0.25) is 0 Å². The monoisotopic (exact) mass is 697 g/mol. The SMILES string of the molecule is CN1C(=O)C(c2ccc(Nc3ccccc3-c3cccc4ccccc34)cc2)=C(c2ccc(Nc3ccccc3-c3cccc4ccccc34)cc2)C1=O. The highest BCUT2D eigenvalue weighted by Crippen LogP contribution is 2.39. The Morgan fingerprint density at radius 3 is 1.17 bits per heavy atom. The average Bonchev–Trinajstić information content (AvgIpc) is 3.45. The highest BCUT2D eigenvalue weighted by Gasteiger charge is 2.37. The first-order chi connectivity index (χ1) is 26.5. The van der Waals surface area contributed by atoms with Crippen molar-refractivity contribution in [2.75, 3.05) is 17.7 Å². The summed E-state index contributed by atoms with van der Waals surface area (Å²) in [6.07, 6.45) is 0. The average molecular weight is 698 g/mol. The van der Waals surface area contributed by atoms with Gasteiger partial charge in [-0.15, -0.1) is 0 Å². The molecule has 8 aromatic rings. The molecule has 8 aromatic carbocycles. The predicted octanol–water partition coefficient (Wildman–Crippen LogP) is 11.7. The summed E-state index contributed by atoms with van der Waals surface area (Å²) in [4.78, 5) is 28.4. The molecule has 0 unspecified atom stereocenters. The number of carbonyl (C=O) groups is 2. The van der Waals surface area contributed by atoms with E-state index >= 15 is 0 Å². The third-order valence-electron chi connectivity index (χ3n) is 10.2. The Morgan fingerprint density at radius 1 is 0.370 bits per heavy atom. The Hall–Kier alpha value is -7.24. The van der Waals surface area contributed by atoms with Gasteiger partial charge in [-0.3, -0.25) is 14.5 Å². The number of imide groups is 1.